The summed E-state index contributed by atoms with van der Waals surface area (Å²) in [6.45, 7) is 2.64. The Morgan fingerprint density at radius 2 is 2.06 bits per heavy atom. The molecule has 0 radical (unpaired) electrons. The van der Waals surface area contributed by atoms with Crippen LogP contribution in [0.25, 0.3) is 0 Å². The number of anilines is 2. The minimum Gasteiger partial charge on any atom is -0.392 e. The molecule has 0 spiro atoms. The summed E-state index contributed by atoms with van der Waals surface area (Å²) in [5.74, 6) is -0.639. The van der Waals surface area contributed by atoms with Crippen LogP contribution in [0.3, 0.4) is 0 Å². The van der Waals surface area contributed by atoms with Crippen LogP contribution >= 0.6 is 0 Å². The molecular weight excluding hydrogens is 240 g/mol. The van der Waals surface area contributed by atoms with Gasteiger partial charge in [0, 0.05) is 14.0 Å². The first-order chi connectivity index (χ1) is 8.25. The van der Waals surface area contributed by atoms with Crippen molar-refractivity contribution < 1.29 is 9.90 Å². The Morgan fingerprint density at radius 1 is 1.50 bits per heavy atom. The van der Waals surface area contributed by atoms with E-state index < -0.39 is 23.3 Å². The molecule has 1 heterocycles. The van der Waals surface area contributed by atoms with Crippen LogP contribution in [-0.4, -0.2) is 26.3 Å². The Bertz CT molecular complexity index is 585. The number of nitrogens with one attached hydrogen (secondary N) is 1. The normalized spacial score (nSPS) is 12.2. The summed E-state index contributed by atoms with van der Waals surface area (Å²) in [4.78, 5) is 34.6. The minimum absolute atomic E-state index is 0.0641. The second kappa shape index (κ2) is 5.05. The first-order valence-corrected chi connectivity index (χ1v) is 5.30. The van der Waals surface area contributed by atoms with E-state index in [1.54, 1.807) is 0 Å². The van der Waals surface area contributed by atoms with Crippen LogP contribution in [0.5, 0.6) is 0 Å². The largest absolute Gasteiger partial charge is 0.392 e. The first-order valence-electron chi connectivity index (χ1n) is 5.30. The van der Waals surface area contributed by atoms with Gasteiger partial charge in [-0.1, -0.05) is 0 Å². The molecule has 1 atom stereocenters. The van der Waals surface area contributed by atoms with Crippen LogP contribution in [0.4, 0.5) is 11.5 Å². The van der Waals surface area contributed by atoms with Gasteiger partial charge in [0.05, 0.1) is 12.6 Å². The van der Waals surface area contributed by atoms with Gasteiger partial charge in [0.25, 0.3) is 5.56 Å². The van der Waals surface area contributed by atoms with E-state index in [1.807, 2.05) is 0 Å². The highest BCUT2D eigenvalue weighted by Gasteiger charge is 2.16. The predicted molar refractivity (Wildman–Crippen MR) is 66.3 cm³/mol. The van der Waals surface area contributed by atoms with Crippen LogP contribution in [0, 0.1) is 0 Å². The number of aromatic nitrogens is 2. The molecule has 0 unspecified atom stereocenters. The van der Waals surface area contributed by atoms with E-state index >= 15 is 0 Å². The minimum atomic E-state index is -0.812. The maximum atomic E-state index is 11.8. The van der Waals surface area contributed by atoms with Crippen molar-refractivity contribution in [2.45, 2.75) is 26.5 Å². The number of nitrogens with zero attached hydrogens (tertiary/aromatic N) is 2. The zero-order valence-electron chi connectivity index (χ0n) is 10.4. The van der Waals surface area contributed by atoms with Gasteiger partial charge in [0.15, 0.2) is 0 Å². The molecule has 8 nitrogen and oxygen atoms in total. The highest BCUT2D eigenvalue weighted by Crippen LogP contribution is 2.10. The summed E-state index contributed by atoms with van der Waals surface area (Å²) in [6.07, 6.45) is -0.812. The van der Waals surface area contributed by atoms with Crippen LogP contribution in [0.15, 0.2) is 9.59 Å². The number of aliphatic hydroxyl groups excluding tert-OH is 1. The molecule has 1 rings (SSSR count). The van der Waals surface area contributed by atoms with E-state index in [2.05, 4.69) is 5.32 Å². The molecule has 0 saturated carbocycles. The fraction of sp³-hybridized carbons (Fsp3) is 0.500. The smallest absolute Gasteiger partial charge is 0.332 e. The molecule has 1 aromatic rings. The summed E-state index contributed by atoms with van der Waals surface area (Å²) in [7, 11) is 1.27. The Kier molecular flexibility index (Phi) is 3.92. The van der Waals surface area contributed by atoms with Crippen LogP contribution in [-0.2, 0) is 18.4 Å². The van der Waals surface area contributed by atoms with Gasteiger partial charge in [0.1, 0.15) is 11.5 Å². The van der Waals surface area contributed by atoms with Crippen LogP contribution in [0.2, 0.25) is 0 Å². The number of carbonyl (C=O) groups excluding carboxylic acids is 1. The lowest BCUT2D eigenvalue weighted by molar-refractivity contribution is -0.114. The lowest BCUT2D eigenvalue weighted by Gasteiger charge is -2.16. The second-order valence-corrected chi connectivity index (χ2v) is 4.05. The van der Waals surface area contributed by atoms with Gasteiger partial charge in [-0.25, -0.2) is 4.79 Å². The molecule has 0 aliphatic carbocycles. The number of hydrogen-bond acceptors (Lipinski definition) is 5. The molecule has 0 aliphatic heterocycles. The van der Waals surface area contributed by atoms with Gasteiger partial charge < -0.3 is 16.2 Å². The van der Waals surface area contributed by atoms with Gasteiger partial charge in [-0.3, -0.25) is 18.7 Å². The zero-order chi connectivity index (χ0) is 14.0. The van der Waals surface area contributed by atoms with E-state index in [0.29, 0.717) is 0 Å². The third kappa shape index (κ3) is 2.59. The quantitative estimate of drug-likeness (QED) is 0.606. The fourth-order valence-electron chi connectivity index (χ4n) is 1.52. The predicted octanol–water partition coefficient (Wildman–Crippen LogP) is -1.53. The van der Waals surface area contributed by atoms with E-state index in [9.17, 15) is 19.5 Å². The summed E-state index contributed by atoms with van der Waals surface area (Å²) >= 11 is 0. The maximum Gasteiger partial charge on any atom is 0.332 e. The van der Waals surface area contributed by atoms with E-state index in [0.717, 1.165) is 9.13 Å². The number of hydrogen-bond donors (Lipinski definition) is 3. The van der Waals surface area contributed by atoms with E-state index in [1.165, 1.54) is 20.9 Å². The molecule has 0 saturated heterocycles. The van der Waals surface area contributed by atoms with Crippen LogP contribution < -0.4 is 22.3 Å². The van der Waals surface area contributed by atoms with Gasteiger partial charge in [-0.05, 0) is 6.92 Å². The molecule has 18 heavy (non-hydrogen) atoms. The summed E-state index contributed by atoms with van der Waals surface area (Å²) in [5.41, 5.74) is 4.18. The number of amides is 1. The van der Waals surface area contributed by atoms with E-state index in [4.69, 9.17) is 5.73 Å². The number of nitrogen functional groups attached to an aromatic ring is 1. The monoisotopic (exact) mass is 256 g/mol. The topological polar surface area (TPSA) is 119 Å². The first kappa shape index (κ1) is 14.0. The average molecular weight is 256 g/mol. The number of aliphatic hydroxyl groups is 1. The highest BCUT2D eigenvalue weighted by atomic mass is 16.3. The van der Waals surface area contributed by atoms with Crippen molar-refractivity contribution in [2.75, 3.05) is 11.1 Å². The third-order valence-corrected chi connectivity index (χ3v) is 2.33. The lowest BCUT2D eigenvalue weighted by Crippen LogP contribution is -2.42. The van der Waals surface area contributed by atoms with Crippen molar-refractivity contribution in [1.29, 1.82) is 0 Å². The van der Waals surface area contributed by atoms with E-state index in [-0.39, 0.29) is 18.1 Å². The van der Waals surface area contributed by atoms with Gasteiger partial charge in [-0.15, -0.1) is 0 Å². The molecule has 100 valence electrons. The third-order valence-electron chi connectivity index (χ3n) is 2.33. The summed E-state index contributed by atoms with van der Waals surface area (Å²) < 4.78 is 1.86. The lowest BCUT2D eigenvalue weighted by atomic mass is 10.3. The molecule has 0 aromatic carbocycles. The Morgan fingerprint density at radius 3 is 2.50 bits per heavy atom. The van der Waals surface area contributed by atoms with Gasteiger partial charge in [-0.2, -0.15) is 0 Å². The zero-order valence-corrected chi connectivity index (χ0v) is 10.4. The van der Waals surface area contributed by atoms with Gasteiger partial charge in [0.2, 0.25) is 5.91 Å². The molecular formula is C10H16N4O4. The highest BCUT2D eigenvalue weighted by molar-refractivity contribution is 5.91. The van der Waals surface area contributed by atoms with Crippen molar-refractivity contribution in [1.82, 2.24) is 9.13 Å². The molecule has 8 heteroatoms. The molecule has 0 fully saturated rings. The standard InChI is InChI=1S/C10H16N4O4/c1-5(15)4-14-8(11)7(12-6(2)16)9(17)13(3)10(14)18/h5,15H,4,11H2,1-3H3,(H,12,16)/t5-/m0/s1. The van der Waals surface area contributed by atoms with Crippen molar-refractivity contribution in [3.05, 3.63) is 20.8 Å². The molecule has 0 aliphatic rings. The van der Waals surface area contributed by atoms with Gasteiger partial charge >= 0.3 is 5.69 Å². The average Bonchev–Trinajstić information content (AvgIpc) is 2.27. The molecule has 1 amide bonds. The molecule has 1 aromatic heterocycles. The van der Waals surface area contributed by atoms with Crippen molar-refractivity contribution in [3.63, 3.8) is 0 Å². The van der Waals surface area contributed by atoms with Crippen molar-refractivity contribution >= 4 is 17.4 Å². The number of rotatable bonds is 3. The second-order valence-electron chi connectivity index (χ2n) is 4.05. The molecule has 0 bridgehead atoms. The van der Waals surface area contributed by atoms with Crippen LogP contribution in [0.1, 0.15) is 13.8 Å². The van der Waals surface area contributed by atoms with Crippen molar-refractivity contribution in [2.24, 2.45) is 7.05 Å². The number of nitrogens with two attached hydrogens (primary N) is 1. The Balaban J connectivity index is 3.54. The summed E-state index contributed by atoms with van der Waals surface area (Å²) in [6, 6.07) is 0. The number of carbonyl (C=O) groups is 1. The fourth-order valence-corrected chi connectivity index (χ4v) is 1.52. The Hall–Kier alpha value is -2.09. The summed E-state index contributed by atoms with van der Waals surface area (Å²) in [5, 5.41) is 11.6. The SMILES string of the molecule is CC(=O)Nc1c(N)n(C[C@H](C)O)c(=O)n(C)c1=O. The Labute approximate surface area is 103 Å². The van der Waals surface area contributed by atoms with Crippen molar-refractivity contribution in [3.8, 4) is 0 Å². The maximum absolute atomic E-state index is 11.8. The molecule has 4 N–H and O–H groups in total.